The van der Waals surface area contributed by atoms with Crippen LogP contribution in [0.3, 0.4) is 0 Å². The summed E-state index contributed by atoms with van der Waals surface area (Å²) in [4.78, 5) is 14.1. The van der Waals surface area contributed by atoms with E-state index in [0.29, 0.717) is 10.9 Å². The number of hydrogen-bond acceptors (Lipinski definition) is 1. The first-order chi connectivity index (χ1) is 8.60. The third kappa shape index (κ3) is 2.50. The number of fused-ring (bicyclic) bond motifs is 1. The predicted octanol–water partition coefficient (Wildman–Crippen LogP) is 4.21. The first-order valence-electron chi connectivity index (χ1n) is 5.84. The van der Waals surface area contributed by atoms with Crippen molar-refractivity contribution in [2.75, 3.05) is 0 Å². The van der Waals surface area contributed by atoms with E-state index in [4.69, 9.17) is 0 Å². The van der Waals surface area contributed by atoms with Gasteiger partial charge in [0.2, 0.25) is 0 Å². The zero-order chi connectivity index (χ0) is 14.4. The Morgan fingerprint density at radius 2 is 1.79 bits per heavy atom. The number of halogens is 3. The normalized spacial score (nSPS) is 12.9. The Hall–Kier alpha value is -1.78. The van der Waals surface area contributed by atoms with Crippen LogP contribution in [0.2, 0.25) is 0 Å². The fourth-order valence-electron chi connectivity index (χ4n) is 1.93. The topological polar surface area (TPSA) is 32.9 Å². The highest BCUT2D eigenvalue weighted by Gasteiger charge is 2.40. The maximum Gasteiger partial charge on any atom is 0.454 e. The van der Waals surface area contributed by atoms with E-state index in [2.05, 4.69) is 4.98 Å². The van der Waals surface area contributed by atoms with Gasteiger partial charge in [0, 0.05) is 17.1 Å². The van der Waals surface area contributed by atoms with E-state index < -0.39 is 12.0 Å². The fourth-order valence-corrected chi connectivity index (χ4v) is 1.93. The second kappa shape index (κ2) is 4.11. The number of ketones is 1. The lowest BCUT2D eigenvalue weighted by Gasteiger charge is -2.19. The van der Waals surface area contributed by atoms with Crippen molar-refractivity contribution >= 4 is 16.7 Å². The molecule has 1 N–H and O–H groups in total. The average Bonchev–Trinajstić information content (AvgIpc) is 2.67. The molecule has 2 rings (SSSR count). The summed E-state index contributed by atoms with van der Waals surface area (Å²) >= 11 is 0. The maximum absolute atomic E-state index is 12.5. The van der Waals surface area contributed by atoms with E-state index in [0.717, 1.165) is 11.8 Å². The van der Waals surface area contributed by atoms with Gasteiger partial charge in [-0.1, -0.05) is 26.8 Å². The van der Waals surface area contributed by atoms with Crippen LogP contribution in [0.1, 0.15) is 36.7 Å². The van der Waals surface area contributed by atoms with E-state index >= 15 is 0 Å². The lowest BCUT2D eigenvalue weighted by Crippen LogP contribution is -2.22. The van der Waals surface area contributed by atoms with E-state index in [1.807, 2.05) is 26.8 Å². The summed E-state index contributed by atoms with van der Waals surface area (Å²) in [6.45, 7) is 5.89. The summed E-state index contributed by atoms with van der Waals surface area (Å²) in [6, 6.07) is 5.19. The molecule has 102 valence electrons. The number of aromatic amines is 1. The van der Waals surface area contributed by atoms with Crippen molar-refractivity contribution < 1.29 is 18.0 Å². The van der Waals surface area contributed by atoms with Crippen LogP contribution in [0.25, 0.3) is 10.9 Å². The summed E-state index contributed by atoms with van der Waals surface area (Å²) < 4.78 is 37.5. The van der Waals surface area contributed by atoms with Gasteiger partial charge in [-0.2, -0.15) is 13.2 Å². The highest BCUT2D eigenvalue weighted by Crippen LogP contribution is 2.30. The van der Waals surface area contributed by atoms with Crippen LogP contribution in [0, 0.1) is 0 Å². The number of benzene rings is 1. The molecule has 2 nitrogen and oxygen atoms in total. The molecule has 0 saturated carbocycles. The van der Waals surface area contributed by atoms with Crippen LogP contribution < -0.4 is 0 Å². The van der Waals surface area contributed by atoms with Gasteiger partial charge < -0.3 is 4.98 Å². The third-order valence-electron chi connectivity index (χ3n) is 3.05. The molecule has 1 aromatic heterocycles. The summed E-state index contributed by atoms with van der Waals surface area (Å²) in [7, 11) is 0. The van der Waals surface area contributed by atoms with Crippen molar-refractivity contribution in [2.24, 2.45) is 0 Å². The zero-order valence-corrected chi connectivity index (χ0v) is 10.9. The monoisotopic (exact) mass is 269 g/mol. The molecule has 5 heteroatoms. The Morgan fingerprint density at radius 3 is 2.32 bits per heavy atom. The molecule has 1 aromatic carbocycles. The molecular weight excluding hydrogens is 255 g/mol. The van der Waals surface area contributed by atoms with Gasteiger partial charge >= 0.3 is 6.18 Å². The number of alkyl halides is 3. The molecule has 0 unspecified atom stereocenters. The standard InChI is InChI=1S/C14H14F3NO/c1-13(2,3)8-4-5-11-9(6-8)10(7-18-11)12(19)14(15,16)17/h4-7,18H,1-3H3. The maximum atomic E-state index is 12.5. The van der Waals surface area contributed by atoms with Crippen LogP contribution in [0.5, 0.6) is 0 Å². The molecular formula is C14H14F3NO. The lowest BCUT2D eigenvalue weighted by atomic mass is 9.86. The van der Waals surface area contributed by atoms with Crippen LogP contribution in [0.4, 0.5) is 13.2 Å². The van der Waals surface area contributed by atoms with E-state index in [9.17, 15) is 18.0 Å². The van der Waals surface area contributed by atoms with E-state index in [1.54, 1.807) is 12.1 Å². The summed E-state index contributed by atoms with van der Waals surface area (Å²) in [5.74, 6) is -1.81. The molecule has 0 saturated heterocycles. The summed E-state index contributed by atoms with van der Waals surface area (Å²) in [5, 5.41) is 0.315. The first kappa shape index (κ1) is 13.6. The quantitative estimate of drug-likeness (QED) is 0.773. The Kier molecular flexibility index (Phi) is 2.96. The Bertz CT molecular complexity index is 632. The Balaban J connectivity index is 2.62. The second-order valence-electron chi connectivity index (χ2n) is 5.54. The van der Waals surface area contributed by atoms with Gasteiger partial charge in [0.05, 0.1) is 5.56 Å². The van der Waals surface area contributed by atoms with Crippen molar-refractivity contribution in [1.82, 2.24) is 4.98 Å². The SMILES string of the molecule is CC(C)(C)c1ccc2[nH]cc(C(=O)C(F)(F)F)c2c1. The molecule has 0 aliphatic rings. The molecule has 0 aliphatic carbocycles. The minimum absolute atomic E-state index is 0.190. The Labute approximate surface area is 108 Å². The van der Waals surface area contributed by atoms with Gasteiger partial charge in [0.1, 0.15) is 0 Å². The highest BCUT2D eigenvalue weighted by molar-refractivity contribution is 6.10. The first-order valence-corrected chi connectivity index (χ1v) is 5.84. The molecule has 0 fully saturated rings. The number of hydrogen-bond donors (Lipinski definition) is 1. The van der Waals surface area contributed by atoms with Gasteiger partial charge in [-0.05, 0) is 23.1 Å². The molecule has 0 amide bonds. The van der Waals surface area contributed by atoms with Crippen molar-refractivity contribution in [3.63, 3.8) is 0 Å². The average molecular weight is 269 g/mol. The largest absolute Gasteiger partial charge is 0.454 e. The molecule has 1 heterocycles. The molecule has 0 radical (unpaired) electrons. The van der Waals surface area contributed by atoms with Gasteiger partial charge in [-0.25, -0.2) is 0 Å². The predicted molar refractivity (Wildman–Crippen MR) is 67.4 cm³/mol. The molecule has 0 bridgehead atoms. The zero-order valence-electron chi connectivity index (χ0n) is 10.9. The van der Waals surface area contributed by atoms with Crippen molar-refractivity contribution in [2.45, 2.75) is 32.4 Å². The molecule has 19 heavy (non-hydrogen) atoms. The summed E-state index contributed by atoms with van der Waals surface area (Å²) in [5.41, 5.74) is 0.898. The molecule has 2 aromatic rings. The summed E-state index contributed by atoms with van der Waals surface area (Å²) in [6.07, 6.45) is -3.74. The van der Waals surface area contributed by atoms with Crippen LogP contribution >= 0.6 is 0 Å². The van der Waals surface area contributed by atoms with Crippen molar-refractivity contribution in [1.29, 1.82) is 0 Å². The second-order valence-corrected chi connectivity index (χ2v) is 5.54. The van der Waals surface area contributed by atoms with Gasteiger partial charge in [0.15, 0.2) is 0 Å². The fraction of sp³-hybridized carbons (Fsp3) is 0.357. The Morgan fingerprint density at radius 1 is 1.16 bits per heavy atom. The van der Waals surface area contributed by atoms with Gasteiger partial charge in [-0.3, -0.25) is 4.79 Å². The number of H-pyrrole nitrogens is 1. The number of rotatable bonds is 1. The minimum atomic E-state index is -4.85. The van der Waals surface area contributed by atoms with Crippen LogP contribution in [-0.2, 0) is 5.41 Å². The van der Waals surface area contributed by atoms with Crippen molar-refractivity contribution in [3.8, 4) is 0 Å². The smallest absolute Gasteiger partial charge is 0.360 e. The minimum Gasteiger partial charge on any atom is -0.360 e. The number of carbonyl (C=O) groups excluding carboxylic acids is 1. The number of nitrogens with one attached hydrogen (secondary N) is 1. The van der Waals surface area contributed by atoms with Crippen LogP contribution in [-0.4, -0.2) is 16.9 Å². The lowest BCUT2D eigenvalue weighted by molar-refractivity contribution is -0.0884. The van der Waals surface area contributed by atoms with Crippen LogP contribution in [0.15, 0.2) is 24.4 Å². The third-order valence-corrected chi connectivity index (χ3v) is 3.05. The number of Topliss-reactive ketones (excluding diaryl/α,β-unsaturated/α-hetero) is 1. The van der Waals surface area contributed by atoms with Gasteiger partial charge in [-0.15, -0.1) is 0 Å². The molecule has 0 aliphatic heterocycles. The van der Waals surface area contributed by atoms with Gasteiger partial charge in [0.25, 0.3) is 5.78 Å². The van der Waals surface area contributed by atoms with Crippen molar-refractivity contribution in [3.05, 3.63) is 35.5 Å². The van der Waals surface area contributed by atoms with E-state index in [1.165, 1.54) is 0 Å². The number of aromatic nitrogens is 1. The highest BCUT2D eigenvalue weighted by atomic mass is 19.4. The molecule has 0 spiro atoms. The van der Waals surface area contributed by atoms with E-state index in [-0.39, 0.29) is 11.0 Å². The molecule has 0 atom stereocenters. The number of carbonyl (C=O) groups is 1.